The Hall–Kier alpha value is -4.28. The average Bonchev–Trinajstić information content (AvgIpc) is 3.30. The van der Waals surface area contributed by atoms with E-state index in [1.807, 2.05) is 0 Å². The number of pyridine rings is 1. The van der Waals surface area contributed by atoms with E-state index in [1.165, 1.54) is 24.5 Å². The Morgan fingerprint density at radius 1 is 1.03 bits per heavy atom. The molecule has 7 nitrogen and oxygen atoms in total. The summed E-state index contributed by atoms with van der Waals surface area (Å²) in [5.41, 5.74) is 4.77. The van der Waals surface area contributed by atoms with Gasteiger partial charge in [-0.1, -0.05) is 36.4 Å². The second-order valence-corrected chi connectivity index (χ2v) is 6.62. The molecule has 4 aromatic rings. The lowest BCUT2D eigenvalue weighted by Gasteiger charge is -2.14. The standard InChI is InChI=1S/C21H14F4N6O/c22-17-15(7-6-14(18(17)26)12-4-2-1-3-5-12)20(32)30-13-10-16(21(23,24)25)19(27-11-13)31-28-8-9-29-31/h1-11H,26H2,(H,30,32). The smallest absolute Gasteiger partial charge is 0.396 e. The van der Waals surface area contributed by atoms with E-state index in [-0.39, 0.29) is 11.4 Å². The van der Waals surface area contributed by atoms with Crippen LogP contribution in [0.1, 0.15) is 15.9 Å². The Morgan fingerprint density at radius 3 is 2.38 bits per heavy atom. The van der Waals surface area contributed by atoms with Gasteiger partial charge in [0.2, 0.25) is 0 Å². The number of carbonyl (C=O) groups excluding carboxylic acids is 1. The van der Waals surface area contributed by atoms with Gasteiger partial charge >= 0.3 is 6.18 Å². The highest BCUT2D eigenvalue weighted by Gasteiger charge is 2.36. The molecular weight excluding hydrogens is 428 g/mol. The third-order valence-corrected chi connectivity index (χ3v) is 4.55. The first-order valence-corrected chi connectivity index (χ1v) is 9.14. The number of anilines is 2. The van der Waals surface area contributed by atoms with E-state index in [2.05, 4.69) is 20.5 Å². The fourth-order valence-corrected chi connectivity index (χ4v) is 3.06. The molecule has 2 aromatic heterocycles. The zero-order valence-corrected chi connectivity index (χ0v) is 16.1. The van der Waals surface area contributed by atoms with Crippen LogP contribution in [0.4, 0.5) is 28.9 Å². The Balaban J connectivity index is 1.65. The van der Waals surface area contributed by atoms with Crippen molar-refractivity contribution in [1.29, 1.82) is 0 Å². The van der Waals surface area contributed by atoms with Crippen molar-refractivity contribution in [2.75, 3.05) is 11.1 Å². The van der Waals surface area contributed by atoms with Crippen LogP contribution in [0.25, 0.3) is 16.9 Å². The number of nitrogen functional groups attached to an aromatic ring is 1. The van der Waals surface area contributed by atoms with Gasteiger partial charge in [-0.15, -0.1) is 4.80 Å². The molecule has 2 heterocycles. The van der Waals surface area contributed by atoms with Gasteiger partial charge in [-0.25, -0.2) is 9.37 Å². The van der Waals surface area contributed by atoms with Crippen molar-refractivity contribution in [3.63, 3.8) is 0 Å². The van der Waals surface area contributed by atoms with Gasteiger partial charge in [-0.05, 0) is 17.7 Å². The van der Waals surface area contributed by atoms with E-state index in [1.54, 1.807) is 30.3 Å². The van der Waals surface area contributed by atoms with E-state index < -0.39 is 34.8 Å². The van der Waals surface area contributed by atoms with E-state index >= 15 is 0 Å². The molecule has 11 heteroatoms. The SMILES string of the molecule is Nc1c(-c2ccccc2)ccc(C(=O)Nc2cnc(-n3nccn3)c(C(F)(F)F)c2)c1F. The molecule has 0 atom stereocenters. The second kappa shape index (κ2) is 8.10. The summed E-state index contributed by atoms with van der Waals surface area (Å²) in [5, 5.41) is 9.51. The lowest BCUT2D eigenvalue weighted by atomic mass is 10.0. The highest BCUT2D eigenvalue weighted by Crippen LogP contribution is 2.34. The van der Waals surface area contributed by atoms with Crippen molar-refractivity contribution in [2.24, 2.45) is 0 Å². The Bertz CT molecular complexity index is 1270. The number of nitrogens with two attached hydrogens (primary N) is 1. The Labute approximate surface area is 178 Å². The van der Waals surface area contributed by atoms with Gasteiger partial charge in [-0.3, -0.25) is 4.79 Å². The van der Waals surface area contributed by atoms with Crippen molar-refractivity contribution >= 4 is 17.3 Å². The normalized spacial score (nSPS) is 11.4. The number of rotatable bonds is 4. The highest BCUT2D eigenvalue weighted by atomic mass is 19.4. The lowest BCUT2D eigenvalue weighted by molar-refractivity contribution is -0.137. The molecule has 0 aliphatic rings. The van der Waals surface area contributed by atoms with Crippen molar-refractivity contribution in [3.8, 4) is 16.9 Å². The third kappa shape index (κ3) is 4.00. The number of nitrogens with one attached hydrogen (secondary N) is 1. The molecule has 0 unspecified atom stereocenters. The van der Waals surface area contributed by atoms with Crippen molar-refractivity contribution in [3.05, 3.63) is 84.1 Å². The van der Waals surface area contributed by atoms with Crippen LogP contribution < -0.4 is 11.1 Å². The van der Waals surface area contributed by atoms with Gasteiger partial charge in [0.05, 0.1) is 35.5 Å². The molecule has 32 heavy (non-hydrogen) atoms. The monoisotopic (exact) mass is 442 g/mol. The molecular formula is C21H14F4N6O. The molecule has 4 rings (SSSR count). The molecule has 0 spiro atoms. The maximum absolute atomic E-state index is 14.8. The number of alkyl halides is 3. The number of benzene rings is 2. The number of hydrogen-bond donors (Lipinski definition) is 2. The molecule has 0 bridgehead atoms. The van der Waals surface area contributed by atoms with Crippen molar-refractivity contribution in [2.45, 2.75) is 6.18 Å². The quantitative estimate of drug-likeness (QED) is 0.362. The number of nitrogens with zero attached hydrogens (tertiary/aromatic N) is 4. The molecule has 0 aliphatic carbocycles. The summed E-state index contributed by atoms with van der Waals surface area (Å²) in [6.07, 6.45) is -1.41. The van der Waals surface area contributed by atoms with Gasteiger partial charge in [0.1, 0.15) is 5.56 Å². The molecule has 162 valence electrons. The fourth-order valence-electron chi connectivity index (χ4n) is 3.06. The maximum Gasteiger partial charge on any atom is 0.420 e. The van der Waals surface area contributed by atoms with E-state index in [9.17, 15) is 22.4 Å². The molecule has 0 saturated heterocycles. The average molecular weight is 442 g/mol. The van der Waals surface area contributed by atoms with E-state index in [0.717, 1.165) is 6.20 Å². The van der Waals surface area contributed by atoms with Crippen LogP contribution in [0.3, 0.4) is 0 Å². The topological polar surface area (TPSA) is 98.7 Å². The minimum atomic E-state index is -4.80. The first-order chi connectivity index (χ1) is 15.3. The second-order valence-electron chi connectivity index (χ2n) is 6.62. The Morgan fingerprint density at radius 2 is 1.72 bits per heavy atom. The fraction of sp³-hybridized carbons (Fsp3) is 0.0476. The van der Waals surface area contributed by atoms with Gasteiger partial charge in [-0.2, -0.15) is 23.4 Å². The summed E-state index contributed by atoms with van der Waals surface area (Å²) in [7, 11) is 0. The van der Waals surface area contributed by atoms with Gasteiger partial charge in [0.15, 0.2) is 11.6 Å². The zero-order valence-electron chi connectivity index (χ0n) is 16.1. The number of halogens is 4. The maximum atomic E-state index is 14.8. The van der Waals surface area contributed by atoms with Crippen LogP contribution in [0, 0.1) is 5.82 Å². The molecule has 0 saturated carbocycles. The summed E-state index contributed by atoms with van der Waals surface area (Å²) in [6.45, 7) is 0. The number of amides is 1. The lowest BCUT2D eigenvalue weighted by Crippen LogP contribution is -2.18. The van der Waals surface area contributed by atoms with Crippen molar-refractivity contribution < 1.29 is 22.4 Å². The van der Waals surface area contributed by atoms with E-state index in [4.69, 9.17) is 5.73 Å². The molecule has 3 N–H and O–H groups in total. The largest absolute Gasteiger partial charge is 0.420 e. The van der Waals surface area contributed by atoms with Crippen LogP contribution >= 0.6 is 0 Å². The molecule has 0 fully saturated rings. The minimum Gasteiger partial charge on any atom is -0.396 e. The predicted molar refractivity (Wildman–Crippen MR) is 108 cm³/mol. The third-order valence-electron chi connectivity index (χ3n) is 4.55. The summed E-state index contributed by atoms with van der Waals surface area (Å²) >= 11 is 0. The number of hydrogen-bond acceptors (Lipinski definition) is 5. The molecule has 0 radical (unpaired) electrons. The van der Waals surface area contributed by atoms with Crippen LogP contribution in [-0.2, 0) is 6.18 Å². The molecule has 2 aromatic carbocycles. The first-order valence-electron chi connectivity index (χ1n) is 9.14. The predicted octanol–water partition coefficient (Wildman–Crippen LogP) is 4.32. The van der Waals surface area contributed by atoms with Gasteiger partial charge < -0.3 is 11.1 Å². The van der Waals surface area contributed by atoms with Crippen molar-refractivity contribution in [1.82, 2.24) is 20.0 Å². The molecule has 0 aliphatic heterocycles. The Kier molecular flexibility index (Phi) is 5.31. The number of aromatic nitrogens is 4. The van der Waals surface area contributed by atoms with Crippen LogP contribution in [0.5, 0.6) is 0 Å². The summed E-state index contributed by atoms with van der Waals surface area (Å²) < 4.78 is 55.3. The zero-order chi connectivity index (χ0) is 22.9. The van der Waals surface area contributed by atoms with E-state index in [0.29, 0.717) is 22.0 Å². The minimum absolute atomic E-state index is 0.252. The van der Waals surface area contributed by atoms with Gasteiger partial charge in [0.25, 0.3) is 5.91 Å². The van der Waals surface area contributed by atoms with Gasteiger partial charge in [0, 0.05) is 5.56 Å². The summed E-state index contributed by atoms with van der Waals surface area (Å²) in [4.78, 5) is 17.0. The van der Waals surface area contributed by atoms with Crippen LogP contribution in [0.2, 0.25) is 0 Å². The highest BCUT2D eigenvalue weighted by molar-refractivity contribution is 6.05. The van der Waals surface area contributed by atoms with Crippen LogP contribution in [-0.4, -0.2) is 25.9 Å². The molecule has 1 amide bonds. The summed E-state index contributed by atoms with van der Waals surface area (Å²) in [6, 6.07) is 12.1. The number of carbonyl (C=O) groups is 1. The van der Waals surface area contributed by atoms with Crippen LogP contribution in [0.15, 0.2) is 67.1 Å². The summed E-state index contributed by atoms with van der Waals surface area (Å²) in [5.74, 6) is -2.53. The first kappa shape index (κ1) is 21.0.